The fourth-order valence-electron chi connectivity index (χ4n) is 3.47. The molecule has 0 radical (unpaired) electrons. The number of nitrogens with two attached hydrogens (primary N) is 1. The van der Waals surface area contributed by atoms with Crippen LogP contribution in [-0.2, 0) is 22.0 Å². The molecule has 0 aliphatic carbocycles. The molecule has 0 amide bonds. The number of sulfonamides is 1. The molecule has 4 rings (SSSR count). The van der Waals surface area contributed by atoms with Gasteiger partial charge in [0, 0.05) is 37.1 Å². The van der Waals surface area contributed by atoms with Crippen molar-refractivity contribution in [3.05, 3.63) is 59.2 Å². The molecule has 156 valence electrons. The van der Waals surface area contributed by atoms with Crippen molar-refractivity contribution < 1.29 is 12.8 Å². The summed E-state index contributed by atoms with van der Waals surface area (Å²) < 4.78 is 40.5. The molecule has 4 heterocycles. The number of aryl methyl sites for hydroxylation is 1. The third-order valence-corrected chi connectivity index (χ3v) is 7.01. The molecule has 1 atom stereocenters. The molecular weight excluding hydrogens is 409 g/mol. The first-order valence-electron chi connectivity index (χ1n) is 9.13. The van der Waals surface area contributed by atoms with Crippen molar-refractivity contribution in [3.8, 4) is 0 Å². The second kappa shape index (κ2) is 6.94. The maximum atomic E-state index is 14.7. The van der Waals surface area contributed by atoms with E-state index in [4.69, 9.17) is 5.73 Å². The zero-order valence-electron chi connectivity index (χ0n) is 16.7. The minimum Gasteiger partial charge on any atom is -0.369 e. The molecule has 0 unspecified atom stereocenters. The van der Waals surface area contributed by atoms with E-state index >= 15 is 0 Å². The van der Waals surface area contributed by atoms with Gasteiger partial charge in [0.15, 0.2) is 0 Å². The Kier molecular flexibility index (Phi) is 4.64. The van der Waals surface area contributed by atoms with Crippen molar-refractivity contribution in [3.63, 3.8) is 0 Å². The number of pyridine rings is 2. The Bertz CT molecular complexity index is 1300. The number of halogens is 1. The zero-order valence-corrected chi connectivity index (χ0v) is 17.5. The number of rotatable bonds is 3. The van der Waals surface area contributed by atoms with E-state index in [9.17, 15) is 12.8 Å². The van der Waals surface area contributed by atoms with Gasteiger partial charge < -0.3 is 5.73 Å². The minimum atomic E-state index is -3.73. The summed E-state index contributed by atoms with van der Waals surface area (Å²) in [6.45, 7) is 3.39. The van der Waals surface area contributed by atoms with Crippen LogP contribution in [0.1, 0.15) is 29.6 Å². The molecule has 0 bridgehead atoms. The molecule has 30 heavy (non-hydrogen) atoms. The molecule has 3 aromatic rings. The second-order valence-electron chi connectivity index (χ2n) is 7.44. The summed E-state index contributed by atoms with van der Waals surface area (Å²) in [4.78, 5) is 21.6. The molecule has 0 fully saturated rings. The Labute approximate surface area is 173 Å². The lowest BCUT2D eigenvalue weighted by Crippen LogP contribution is -2.50. The SMILES string of the molecule is Cc1cnc2c(Cc3cc([C@]4(C)CS(=O)(=O)N(C)C(N)=N4)c(F)cn3)nccc2n1. The molecule has 3 aromatic heterocycles. The molecule has 11 heteroatoms. The van der Waals surface area contributed by atoms with E-state index < -0.39 is 27.1 Å². The Balaban J connectivity index is 1.77. The number of hydrogen-bond acceptors (Lipinski definition) is 8. The van der Waals surface area contributed by atoms with Crippen LogP contribution in [0.5, 0.6) is 0 Å². The van der Waals surface area contributed by atoms with Gasteiger partial charge in [0.25, 0.3) is 0 Å². The number of guanidine groups is 1. The highest BCUT2D eigenvalue weighted by atomic mass is 32.2. The van der Waals surface area contributed by atoms with Crippen LogP contribution in [0.4, 0.5) is 4.39 Å². The van der Waals surface area contributed by atoms with Gasteiger partial charge >= 0.3 is 0 Å². The van der Waals surface area contributed by atoms with Crippen LogP contribution in [-0.4, -0.2) is 51.4 Å². The molecule has 0 saturated heterocycles. The average Bonchev–Trinajstić information content (AvgIpc) is 2.67. The van der Waals surface area contributed by atoms with Crippen LogP contribution in [0.2, 0.25) is 0 Å². The van der Waals surface area contributed by atoms with Gasteiger partial charge in [-0.05, 0) is 26.0 Å². The predicted molar refractivity (Wildman–Crippen MR) is 110 cm³/mol. The van der Waals surface area contributed by atoms with Crippen LogP contribution < -0.4 is 5.73 Å². The predicted octanol–water partition coefficient (Wildman–Crippen LogP) is 1.26. The normalized spacial score (nSPS) is 20.9. The first kappa shape index (κ1) is 20.1. The highest BCUT2D eigenvalue weighted by molar-refractivity contribution is 7.89. The number of aromatic nitrogens is 4. The zero-order chi connectivity index (χ0) is 21.7. The maximum Gasteiger partial charge on any atom is 0.239 e. The number of nitrogens with zero attached hydrogens (tertiary/aromatic N) is 6. The average molecular weight is 429 g/mol. The summed E-state index contributed by atoms with van der Waals surface area (Å²) in [7, 11) is -2.41. The van der Waals surface area contributed by atoms with Crippen LogP contribution in [0, 0.1) is 12.7 Å². The molecule has 9 nitrogen and oxygen atoms in total. The van der Waals surface area contributed by atoms with Crippen molar-refractivity contribution in [2.45, 2.75) is 25.8 Å². The minimum absolute atomic E-state index is 0.106. The lowest BCUT2D eigenvalue weighted by atomic mass is 9.93. The van der Waals surface area contributed by atoms with Gasteiger partial charge in [0.05, 0.1) is 28.9 Å². The summed E-state index contributed by atoms with van der Waals surface area (Å²) in [6, 6.07) is 3.28. The van der Waals surface area contributed by atoms with Crippen LogP contribution in [0.15, 0.2) is 35.7 Å². The van der Waals surface area contributed by atoms with E-state index in [1.807, 2.05) is 6.92 Å². The Hall–Kier alpha value is -3.21. The molecule has 1 aliphatic rings. The number of aliphatic imine (C=N–C) groups is 1. The highest BCUT2D eigenvalue weighted by Crippen LogP contribution is 2.33. The van der Waals surface area contributed by atoms with E-state index in [2.05, 4.69) is 24.9 Å². The van der Waals surface area contributed by atoms with Gasteiger partial charge in [0.2, 0.25) is 16.0 Å². The monoisotopic (exact) mass is 429 g/mol. The van der Waals surface area contributed by atoms with E-state index in [1.54, 1.807) is 18.5 Å². The summed E-state index contributed by atoms with van der Waals surface area (Å²) in [6.07, 6.45) is 4.61. The Morgan fingerprint density at radius 2 is 2.03 bits per heavy atom. The highest BCUT2D eigenvalue weighted by Gasteiger charge is 2.41. The maximum absolute atomic E-state index is 14.7. The van der Waals surface area contributed by atoms with Crippen LogP contribution in [0.3, 0.4) is 0 Å². The number of hydrogen-bond donors (Lipinski definition) is 1. The smallest absolute Gasteiger partial charge is 0.239 e. The second-order valence-corrected chi connectivity index (χ2v) is 9.44. The molecule has 0 spiro atoms. The van der Waals surface area contributed by atoms with Crippen LogP contribution >= 0.6 is 0 Å². The van der Waals surface area contributed by atoms with E-state index in [1.165, 1.54) is 20.0 Å². The molecule has 0 aromatic carbocycles. The van der Waals surface area contributed by atoms with E-state index in [-0.39, 0.29) is 17.9 Å². The summed E-state index contributed by atoms with van der Waals surface area (Å²) in [5.74, 6) is -1.25. The van der Waals surface area contributed by atoms with Crippen molar-refractivity contribution >= 4 is 27.0 Å². The first-order valence-corrected chi connectivity index (χ1v) is 10.7. The van der Waals surface area contributed by atoms with Crippen LogP contribution in [0.25, 0.3) is 11.0 Å². The fraction of sp³-hybridized carbons (Fsp3) is 0.316. The van der Waals surface area contributed by atoms with E-state index in [0.29, 0.717) is 22.4 Å². The van der Waals surface area contributed by atoms with Gasteiger partial charge in [-0.3, -0.25) is 15.0 Å². The third kappa shape index (κ3) is 3.45. The van der Waals surface area contributed by atoms with Crippen molar-refractivity contribution in [2.24, 2.45) is 10.7 Å². The molecule has 0 saturated carbocycles. The van der Waals surface area contributed by atoms with Gasteiger partial charge in [-0.2, -0.15) is 0 Å². The number of fused-ring (bicyclic) bond motifs is 1. The van der Waals surface area contributed by atoms with Gasteiger partial charge in [-0.15, -0.1) is 0 Å². The lowest BCUT2D eigenvalue weighted by molar-refractivity contribution is 0.456. The van der Waals surface area contributed by atoms with Crippen molar-refractivity contribution in [2.75, 3.05) is 12.8 Å². The molecule has 1 aliphatic heterocycles. The summed E-state index contributed by atoms with van der Waals surface area (Å²) >= 11 is 0. The van der Waals surface area contributed by atoms with E-state index in [0.717, 1.165) is 16.2 Å². The fourth-order valence-corrected chi connectivity index (χ4v) is 4.92. The van der Waals surface area contributed by atoms with Crippen molar-refractivity contribution in [1.29, 1.82) is 0 Å². The standard InChI is InChI=1S/C19H20FN7O2S/c1-11-8-24-17-15(25-11)4-5-22-16(17)7-12-6-13(14(20)9-23-12)19(2)10-30(28,29)27(3)18(21)26-19/h4-6,8-9H,7,10H2,1-3H3,(H2,21,26)/t19-/m0/s1. The summed E-state index contributed by atoms with van der Waals surface area (Å²) in [5.41, 5.74) is 7.77. The topological polar surface area (TPSA) is 127 Å². The lowest BCUT2D eigenvalue weighted by Gasteiger charge is -2.34. The van der Waals surface area contributed by atoms with Crippen molar-refractivity contribution in [1.82, 2.24) is 24.2 Å². The molecular formula is C19H20FN7O2S. The summed E-state index contributed by atoms with van der Waals surface area (Å²) in [5, 5.41) is 0. The van der Waals surface area contributed by atoms with Gasteiger partial charge in [0.1, 0.15) is 16.9 Å². The first-order chi connectivity index (χ1) is 14.1. The Morgan fingerprint density at radius 3 is 2.77 bits per heavy atom. The molecule has 2 N–H and O–H groups in total. The third-order valence-electron chi connectivity index (χ3n) is 5.06. The van der Waals surface area contributed by atoms with Gasteiger partial charge in [-0.1, -0.05) is 0 Å². The Morgan fingerprint density at radius 1 is 1.27 bits per heavy atom. The largest absolute Gasteiger partial charge is 0.369 e. The quantitative estimate of drug-likeness (QED) is 0.664. The van der Waals surface area contributed by atoms with Gasteiger partial charge in [-0.25, -0.2) is 27.1 Å².